The number of Topliss-reactive ketones (excluding diaryl/α,β-unsaturated/α-hetero) is 1. The minimum absolute atomic E-state index is 0.0198. The van der Waals surface area contributed by atoms with Gasteiger partial charge in [0, 0.05) is 5.92 Å². The number of amides is 1. The minimum Gasteiger partial charge on any atom is -0.346 e. The first-order chi connectivity index (χ1) is 6.11. The van der Waals surface area contributed by atoms with Gasteiger partial charge in [-0.2, -0.15) is 0 Å². The van der Waals surface area contributed by atoms with Crippen molar-refractivity contribution in [1.82, 2.24) is 5.32 Å². The standard InChI is InChI=1S/C10H17NO2/c1-7(8(2)12)11-10(13)9-5-3-4-6-9/h7,9H,3-6H2,1-2H3,(H,11,13). The molecular weight excluding hydrogens is 166 g/mol. The second kappa shape index (κ2) is 4.40. The Bertz CT molecular complexity index is 207. The summed E-state index contributed by atoms with van der Waals surface area (Å²) in [6.07, 6.45) is 4.26. The first-order valence-electron chi connectivity index (χ1n) is 4.92. The van der Waals surface area contributed by atoms with Crippen molar-refractivity contribution in [3.05, 3.63) is 0 Å². The largest absolute Gasteiger partial charge is 0.346 e. The van der Waals surface area contributed by atoms with E-state index in [9.17, 15) is 9.59 Å². The number of hydrogen-bond donors (Lipinski definition) is 1. The maximum atomic E-state index is 11.5. The van der Waals surface area contributed by atoms with E-state index in [1.165, 1.54) is 6.92 Å². The number of carbonyl (C=O) groups excluding carboxylic acids is 2. The molecule has 1 atom stereocenters. The molecule has 0 spiro atoms. The van der Waals surface area contributed by atoms with Gasteiger partial charge in [0.25, 0.3) is 0 Å². The van der Waals surface area contributed by atoms with Crippen LogP contribution in [-0.4, -0.2) is 17.7 Å². The predicted molar refractivity (Wildman–Crippen MR) is 50.2 cm³/mol. The molecule has 0 aromatic heterocycles. The Labute approximate surface area is 78.9 Å². The van der Waals surface area contributed by atoms with Crippen molar-refractivity contribution in [1.29, 1.82) is 0 Å². The molecule has 3 nitrogen and oxygen atoms in total. The quantitative estimate of drug-likeness (QED) is 0.716. The van der Waals surface area contributed by atoms with Crippen LogP contribution >= 0.6 is 0 Å². The lowest BCUT2D eigenvalue weighted by Gasteiger charge is -2.14. The highest BCUT2D eigenvalue weighted by atomic mass is 16.2. The summed E-state index contributed by atoms with van der Waals surface area (Å²) < 4.78 is 0. The lowest BCUT2D eigenvalue weighted by molar-refractivity contribution is -0.129. The molecular formula is C10H17NO2. The summed E-state index contributed by atoms with van der Waals surface area (Å²) in [5.74, 6) is 0.230. The van der Waals surface area contributed by atoms with Crippen molar-refractivity contribution in [3.8, 4) is 0 Å². The van der Waals surface area contributed by atoms with Crippen LogP contribution in [0, 0.1) is 5.92 Å². The maximum absolute atomic E-state index is 11.5. The first kappa shape index (κ1) is 10.2. The van der Waals surface area contributed by atoms with Gasteiger partial charge in [-0.15, -0.1) is 0 Å². The van der Waals surface area contributed by atoms with E-state index in [-0.39, 0.29) is 23.7 Å². The fraction of sp³-hybridized carbons (Fsp3) is 0.800. The van der Waals surface area contributed by atoms with Gasteiger partial charge in [-0.25, -0.2) is 0 Å². The van der Waals surface area contributed by atoms with Crippen LogP contribution in [0.4, 0.5) is 0 Å². The van der Waals surface area contributed by atoms with Crippen LogP contribution in [0.2, 0.25) is 0 Å². The highest BCUT2D eigenvalue weighted by Gasteiger charge is 2.24. The van der Waals surface area contributed by atoms with E-state index in [1.807, 2.05) is 0 Å². The van der Waals surface area contributed by atoms with Gasteiger partial charge in [-0.1, -0.05) is 12.8 Å². The third-order valence-electron chi connectivity index (χ3n) is 2.69. The SMILES string of the molecule is CC(=O)C(C)NC(=O)C1CCCC1. The molecule has 3 heteroatoms. The van der Waals surface area contributed by atoms with E-state index in [2.05, 4.69) is 5.32 Å². The van der Waals surface area contributed by atoms with Crippen LogP contribution in [0.25, 0.3) is 0 Å². The topological polar surface area (TPSA) is 46.2 Å². The van der Waals surface area contributed by atoms with Gasteiger partial charge in [0.2, 0.25) is 5.91 Å². The Morgan fingerprint density at radius 2 is 1.85 bits per heavy atom. The third-order valence-corrected chi connectivity index (χ3v) is 2.69. The molecule has 1 fully saturated rings. The zero-order valence-corrected chi connectivity index (χ0v) is 8.30. The molecule has 1 amide bonds. The zero-order chi connectivity index (χ0) is 9.84. The molecule has 0 aliphatic heterocycles. The average Bonchev–Trinajstić information content (AvgIpc) is 2.55. The van der Waals surface area contributed by atoms with Gasteiger partial charge < -0.3 is 5.32 Å². The van der Waals surface area contributed by atoms with Gasteiger partial charge >= 0.3 is 0 Å². The summed E-state index contributed by atoms with van der Waals surface area (Å²) in [6.45, 7) is 3.23. The Morgan fingerprint density at radius 1 is 1.31 bits per heavy atom. The highest BCUT2D eigenvalue weighted by molar-refractivity contribution is 5.88. The second-order valence-electron chi connectivity index (χ2n) is 3.82. The maximum Gasteiger partial charge on any atom is 0.223 e. The minimum atomic E-state index is -0.326. The lowest BCUT2D eigenvalue weighted by atomic mass is 10.1. The zero-order valence-electron chi connectivity index (χ0n) is 8.30. The molecule has 0 aromatic carbocycles. The van der Waals surface area contributed by atoms with Crippen LogP contribution in [-0.2, 0) is 9.59 Å². The van der Waals surface area contributed by atoms with Gasteiger partial charge in [0.15, 0.2) is 5.78 Å². The van der Waals surface area contributed by atoms with Gasteiger partial charge in [0.1, 0.15) is 0 Å². The number of carbonyl (C=O) groups is 2. The molecule has 1 saturated carbocycles. The fourth-order valence-corrected chi connectivity index (χ4v) is 1.62. The Morgan fingerprint density at radius 3 is 2.31 bits per heavy atom. The summed E-state index contributed by atoms with van der Waals surface area (Å²) >= 11 is 0. The van der Waals surface area contributed by atoms with Crippen LogP contribution in [0.15, 0.2) is 0 Å². The molecule has 1 aliphatic rings. The monoisotopic (exact) mass is 183 g/mol. The number of rotatable bonds is 3. The van der Waals surface area contributed by atoms with Gasteiger partial charge in [-0.3, -0.25) is 9.59 Å². The van der Waals surface area contributed by atoms with Crippen molar-refractivity contribution >= 4 is 11.7 Å². The molecule has 0 heterocycles. The van der Waals surface area contributed by atoms with Crippen molar-refractivity contribution < 1.29 is 9.59 Å². The highest BCUT2D eigenvalue weighted by Crippen LogP contribution is 2.24. The summed E-state index contributed by atoms with van der Waals surface area (Å²) in [5.41, 5.74) is 0. The molecule has 74 valence electrons. The van der Waals surface area contributed by atoms with E-state index in [1.54, 1.807) is 6.92 Å². The third kappa shape index (κ3) is 2.83. The Balaban J connectivity index is 2.35. The molecule has 0 radical (unpaired) electrons. The molecule has 1 N–H and O–H groups in total. The van der Waals surface area contributed by atoms with Gasteiger partial charge in [0.05, 0.1) is 6.04 Å². The Kier molecular flexibility index (Phi) is 3.46. The van der Waals surface area contributed by atoms with Crippen LogP contribution in [0.3, 0.4) is 0 Å². The fourth-order valence-electron chi connectivity index (χ4n) is 1.62. The van der Waals surface area contributed by atoms with Crippen molar-refractivity contribution in [2.24, 2.45) is 5.92 Å². The molecule has 13 heavy (non-hydrogen) atoms. The summed E-state index contributed by atoms with van der Waals surface area (Å²) in [7, 11) is 0. The number of ketones is 1. The first-order valence-corrected chi connectivity index (χ1v) is 4.92. The molecule has 1 aliphatic carbocycles. The molecule has 0 bridgehead atoms. The number of hydrogen-bond acceptors (Lipinski definition) is 2. The summed E-state index contributed by atoms with van der Waals surface area (Å²) in [5, 5.41) is 2.73. The summed E-state index contributed by atoms with van der Waals surface area (Å²) in [6, 6.07) is -0.326. The van der Waals surface area contributed by atoms with Crippen LogP contribution in [0.5, 0.6) is 0 Å². The van der Waals surface area contributed by atoms with E-state index < -0.39 is 0 Å². The van der Waals surface area contributed by atoms with Crippen LogP contribution < -0.4 is 5.32 Å². The molecule has 1 rings (SSSR count). The van der Waals surface area contributed by atoms with E-state index in [0.29, 0.717) is 0 Å². The van der Waals surface area contributed by atoms with E-state index in [0.717, 1.165) is 25.7 Å². The number of nitrogens with one attached hydrogen (secondary N) is 1. The molecule has 0 aromatic rings. The average molecular weight is 183 g/mol. The van der Waals surface area contributed by atoms with E-state index >= 15 is 0 Å². The van der Waals surface area contributed by atoms with Crippen molar-refractivity contribution in [2.75, 3.05) is 0 Å². The van der Waals surface area contributed by atoms with Crippen LogP contribution in [0.1, 0.15) is 39.5 Å². The lowest BCUT2D eigenvalue weighted by Crippen LogP contribution is -2.40. The normalized spacial score (nSPS) is 19.8. The predicted octanol–water partition coefficient (Wildman–Crippen LogP) is 1.27. The van der Waals surface area contributed by atoms with E-state index in [4.69, 9.17) is 0 Å². The van der Waals surface area contributed by atoms with Crippen molar-refractivity contribution in [3.63, 3.8) is 0 Å². The second-order valence-corrected chi connectivity index (χ2v) is 3.82. The molecule has 0 saturated heterocycles. The smallest absolute Gasteiger partial charge is 0.223 e. The Hall–Kier alpha value is -0.860. The summed E-state index contributed by atoms with van der Waals surface area (Å²) in [4.78, 5) is 22.4. The molecule has 1 unspecified atom stereocenters. The van der Waals surface area contributed by atoms with Crippen molar-refractivity contribution in [2.45, 2.75) is 45.6 Å². The van der Waals surface area contributed by atoms with Gasteiger partial charge in [-0.05, 0) is 26.7 Å².